The van der Waals surface area contributed by atoms with Crippen LogP contribution in [0.3, 0.4) is 0 Å². The lowest BCUT2D eigenvalue weighted by atomic mass is 10.1. The van der Waals surface area contributed by atoms with E-state index in [1.807, 2.05) is 13.1 Å². The summed E-state index contributed by atoms with van der Waals surface area (Å²) in [5.74, 6) is -0.174. The van der Waals surface area contributed by atoms with Gasteiger partial charge in [0.05, 0.1) is 0 Å². The summed E-state index contributed by atoms with van der Waals surface area (Å²) in [6, 6.07) is 5.80. The molecule has 2 N–H and O–H groups in total. The SMILES string of the molecule is CN(CC1CCCN1C)c1cc(F)cc(CCN)c1. The van der Waals surface area contributed by atoms with Crippen LogP contribution in [-0.2, 0) is 6.42 Å². The second-order valence-electron chi connectivity index (χ2n) is 5.51. The lowest BCUT2D eigenvalue weighted by molar-refractivity contribution is 0.314. The Morgan fingerprint density at radius 3 is 2.84 bits per heavy atom. The molecule has 0 bridgehead atoms. The molecule has 1 atom stereocenters. The first-order chi connectivity index (χ1) is 9.10. The molecule has 0 radical (unpaired) electrons. The van der Waals surface area contributed by atoms with E-state index < -0.39 is 0 Å². The van der Waals surface area contributed by atoms with Crippen LogP contribution in [0.2, 0.25) is 0 Å². The number of nitrogens with two attached hydrogens (primary N) is 1. The first kappa shape index (κ1) is 14.3. The van der Waals surface area contributed by atoms with Crippen LogP contribution in [0.1, 0.15) is 18.4 Å². The molecule has 1 aromatic rings. The second-order valence-corrected chi connectivity index (χ2v) is 5.51. The third-order valence-electron chi connectivity index (χ3n) is 3.97. The Morgan fingerprint density at radius 1 is 1.42 bits per heavy atom. The Hall–Kier alpha value is -1.13. The van der Waals surface area contributed by atoms with E-state index in [1.165, 1.54) is 19.4 Å². The number of hydrogen-bond acceptors (Lipinski definition) is 3. The molecule has 0 saturated carbocycles. The van der Waals surface area contributed by atoms with Gasteiger partial charge in [-0.25, -0.2) is 4.39 Å². The molecule has 3 nitrogen and oxygen atoms in total. The normalized spacial score (nSPS) is 19.9. The molecule has 1 fully saturated rings. The van der Waals surface area contributed by atoms with Crippen LogP contribution < -0.4 is 10.6 Å². The number of hydrogen-bond donors (Lipinski definition) is 1. The van der Waals surface area contributed by atoms with Gasteiger partial charge in [-0.05, 0) is 63.2 Å². The topological polar surface area (TPSA) is 32.5 Å². The number of halogens is 1. The summed E-state index contributed by atoms with van der Waals surface area (Å²) >= 11 is 0. The highest BCUT2D eigenvalue weighted by molar-refractivity contribution is 5.48. The molecule has 1 aromatic carbocycles. The number of likely N-dealkylation sites (N-methyl/N-ethyl adjacent to an activating group) is 2. The van der Waals surface area contributed by atoms with Crippen LogP contribution >= 0.6 is 0 Å². The summed E-state index contributed by atoms with van der Waals surface area (Å²) < 4.78 is 13.6. The van der Waals surface area contributed by atoms with E-state index in [2.05, 4.69) is 16.8 Å². The molecule has 1 unspecified atom stereocenters. The van der Waals surface area contributed by atoms with Crippen molar-refractivity contribution in [1.82, 2.24) is 4.90 Å². The number of rotatable bonds is 5. The van der Waals surface area contributed by atoms with Crippen LogP contribution in [0.4, 0.5) is 10.1 Å². The molecule has 1 saturated heterocycles. The fourth-order valence-electron chi connectivity index (χ4n) is 2.80. The standard InChI is InChI=1S/C15H24FN3/c1-18-7-3-4-14(18)11-19(2)15-9-12(5-6-17)8-13(16)10-15/h8-10,14H,3-7,11,17H2,1-2H3. The summed E-state index contributed by atoms with van der Waals surface area (Å²) in [4.78, 5) is 4.53. The first-order valence-corrected chi connectivity index (χ1v) is 7.01. The van der Waals surface area contributed by atoms with Crippen molar-refractivity contribution in [2.45, 2.75) is 25.3 Å². The maximum Gasteiger partial charge on any atom is 0.125 e. The van der Waals surface area contributed by atoms with E-state index in [9.17, 15) is 4.39 Å². The lowest BCUT2D eigenvalue weighted by Gasteiger charge is -2.27. The zero-order valence-electron chi connectivity index (χ0n) is 11.9. The van der Waals surface area contributed by atoms with Crippen molar-refractivity contribution in [3.05, 3.63) is 29.6 Å². The molecule has 0 aromatic heterocycles. The molecule has 0 amide bonds. The van der Waals surface area contributed by atoms with Gasteiger partial charge in [0.25, 0.3) is 0 Å². The summed E-state index contributed by atoms with van der Waals surface area (Å²) in [6.45, 7) is 2.67. The Labute approximate surface area is 115 Å². The van der Waals surface area contributed by atoms with Gasteiger partial charge in [0.15, 0.2) is 0 Å². The van der Waals surface area contributed by atoms with E-state index in [4.69, 9.17) is 5.73 Å². The van der Waals surface area contributed by atoms with Crippen LogP contribution in [0, 0.1) is 5.82 Å². The zero-order valence-corrected chi connectivity index (χ0v) is 11.9. The van der Waals surface area contributed by atoms with Crippen LogP contribution in [0.15, 0.2) is 18.2 Å². The number of likely N-dealkylation sites (tertiary alicyclic amines) is 1. The van der Waals surface area contributed by atoms with Crippen LogP contribution in [0.5, 0.6) is 0 Å². The van der Waals surface area contributed by atoms with E-state index >= 15 is 0 Å². The van der Waals surface area contributed by atoms with Gasteiger partial charge >= 0.3 is 0 Å². The highest BCUT2D eigenvalue weighted by Crippen LogP contribution is 2.21. The zero-order chi connectivity index (χ0) is 13.8. The minimum atomic E-state index is -0.174. The minimum absolute atomic E-state index is 0.174. The van der Waals surface area contributed by atoms with Crippen LogP contribution in [-0.4, -0.2) is 44.7 Å². The van der Waals surface area contributed by atoms with E-state index in [0.717, 1.165) is 24.2 Å². The second kappa shape index (κ2) is 6.35. The molecule has 1 aliphatic heterocycles. The number of benzene rings is 1. The summed E-state index contributed by atoms with van der Waals surface area (Å²) in [5.41, 5.74) is 7.47. The van der Waals surface area contributed by atoms with Gasteiger partial charge in [0.2, 0.25) is 0 Å². The predicted molar refractivity (Wildman–Crippen MR) is 78.1 cm³/mol. The van der Waals surface area contributed by atoms with Crippen molar-refractivity contribution in [2.75, 3.05) is 38.6 Å². The maximum absolute atomic E-state index is 13.6. The Bertz CT molecular complexity index is 422. The van der Waals surface area contributed by atoms with Gasteiger partial charge in [0, 0.05) is 25.3 Å². The number of nitrogens with zero attached hydrogens (tertiary/aromatic N) is 2. The van der Waals surface area contributed by atoms with Crippen molar-refractivity contribution in [3.63, 3.8) is 0 Å². The summed E-state index contributed by atoms with van der Waals surface area (Å²) in [6.07, 6.45) is 3.21. The van der Waals surface area contributed by atoms with Crippen molar-refractivity contribution < 1.29 is 4.39 Å². The minimum Gasteiger partial charge on any atom is -0.373 e. The molecular weight excluding hydrogens is 241 g/mol. The van der Waals surface area contributed by atoms with Crippen molar-refractivity contribution >= 4 is 5.69 Å². The molecule has 1 aliphatic rings. The number of anilines is 1. The Kier molecular flexibility index (Phi) is 4.77. The largest absolute Gasteiger partial charge is 0.373 e. The monoisotopic (exact) mass is 265 g/mol. The van der Waals surface area contributed by atoms with Crippen molar-refractivity contribution in [2.24, 2.45) is 5.73 Å². The smallest absolute Gasteiger partial charge is 0.125 e. The fraction of sp³-hybridized carbons (Fsp3) is 0.600. The van der Waals surface area contributed by atoms with Crippen molar-refractivity contribution in [3.8, 4) is 0 Å². The Balaban J connectivity index is 2.07. The molecule has 19 heavy (non-hydrogen) atoms. The molecule has 1 heterocycles. The van der Waals surface area contributed by atoms with Gasteiger partial charge in [-0.2, -0.15) is 0 Å². The molecule has 0 aliphatic carbocycles. The van der Waals surface area contributed by atoms with Gasteiger partial charge in [-0.15, -0.1) is 0 Å². The lowest BCUT2D eigenvalue weighted by Crippen LogP contribution is -2.36. The van der Waals surface area contributed by atoms with E-state index in [0.29, 0.717) is 12.6 Å². The predicted octanol–water partition coefficient (Wildman–Crippen LogP) is 1.86. The average molecular weight is 265 g/mol. The average Bonchev–Trinajstić information content (AvgIpc) is 2.75. The van der Waals surface area contributed by atoms with Gasteiger partial charge < -0.3 is 15.5 Å². The van der Waals surface area contributed by atoms with Gasteiger partial charge in [0.1, 0.15) is 5.82 Å². The molecule has 0 spiro atoms. The first-order valence-electron chi connectivity index (χ1n) is 7.01. The fourth-order valence-corrected chi connectivity index (χ4v) is 2.80. The summed E-state index contributed by atoms with van der Waals surface area (Å²) in [7, 11) is 4.20. The third kappa shape index (κ3) is 3.67. The maximum atomic E-state index is 13.6. The van der Waals surface area contributed by atoms with Gasteiger partial charge in [-0.3, -0.25) is 0 Å². The summed E-state index contributed by atoms with van der Waals surface area (Å²) in [5, 5.41) is 0. The third-order valence-corrected chi connectivity index (χ3v) is 3.97. The molecule has 2 rings (SSSR count). The van der Waals surface area contributed by atoms with Crippen molar-refractivity contribution in [1.29, 1.82) is 0 Å². The highest BCUT2D eigenvalue weighted by Gasteiger charge is 2.22. The quantitative estimate of drug-likeness (QED) is 0.882. The van der Waals surface area contributed by atoms with E-state index in [1.54, 1.807) is 12.1 Å². The molecule has 106 valence electrons. The van der Waals surface area contributed by atoms with Gasteiger partial charge in [-0.1, -0.05) is 0 Å². The van der Waals surface area contributed by atoms with E-state index in [-0.39, 0.29) is 5.82 Å². The highest BCUT2D eigenvalue weighted by atomic mass is 19.1. The molecule has 4 heteroatoms. The molecular formula is C15H24FN3. The van der Waals surface area contributed by atoms with Crippen LogP contribution in [0.25, 0.3) is 0 Å². The Morgan fingerprint density at radius 2 is 2.21 bits per heavy atom.